The lowest BCUT2D eigenvalue weighted by atomic mass is 9.93. The maximum Gasteiger partial charge on any atom is 0.335 e. The Hall–Kier alpha value is -3.41. The molecule has 4 rings (SSSR count). The summed E-state index contributed by atoms with van der Waals surface area (Å²) < 4.78 is 0. The molecule has 2 aromatic carbocycles. The fourth-order valence-electron chi connectivity index (χ4n) is 3.71. The Labute approximate surface area is 156 Å². The molecule has 1 amide bonds. The van der Waals surface area contributed by atoms with Gasteiger partial charge < -0.3 is 15.0 Å². The number of nitrogens with zero attached hydrogens (tertiary/aromatic N) is 2. The number of aromatic carboxylic acids is 1. The molecular weight excluding hydrogens is 342 g/mol. The number of carboxylic acid groups (broad SMARTS) is 1. The lowest BCUT2D eigenvalue weighted by Gasteiger charge is -2.19. The second-order valence-electron chi connectivity index (χ2n) is 6.61. The smallest absolute Gasteiger partial charge is 0.335 e. The van der Waals surface area contributed by atoms with Crippen LogP contribution >= 0.6 is 0 Å². The maximum absolute atomic E-state index is 13.1. The molecule has 2 heterocycles. The summed E-state index contributed by atoms with van der Waals surface area (Å²) in [6.45, 7) is 1.11. The van der Waals surface area contributed by atoms with Gasteiger partial charge in [-0.25, -0.2) is 9.78 Å². The summed E-state index contributed by atoms with van der Waals surface area (Å²) in [5, 5.41) is 9.43. The van der Waals surface area contributed by atoms with Crippen molar-refractivity contribution < 1.29 is 14.7 Å². The average molecular weight is 361 g/mol. The van der Waals surface area contributed by atoms with E-state index in [0.29, 0.717) is 30.0 Å². The number of hydrogen-bond donors (Lipinski definition) is 2. The van der Waals surface area contributed by atoms with Gasteiger partial charge in [-0.3, -0.25) is 4.79 Å². The lowest BCUT2D eigenvalue weighted by Crippen LogP contribution is -2.29. The largest absolute Gasteiger partial charge is 0.478 e. The van der Waals surface area contributed by atoms with E-state index >= 15 is 0 Å². The van der Waals surface area contributed by atoms with Crippen molar-refractivity contribution >= 4 is 11.9 Å². The highest BCUT2D eigenvalue weighted by Gasteiger charge is 2.31. The van der Waals surface area contributed by atoms with Gasteiger partial charge >= 0.3 is 5.97 Å². The van der Waals surface area contributed by atoms with Gasteiger partial charge in [-0.05, 0) is 24.1 Å². The second-order valence-corrected chi connectivity index (χ2v) is 6.61. The Morgan fingerprint density at radius 3 is 2.56 bits per heavy atom. The molecule has 0 saturated carbocycles. The van der Waals surface area contributed by atoms with Gasteiger partial charge in [0.1, 0.15) is 5.82 Å². The molecule has 1 aliphatic rings. The first-order chi connectivity index (χ1) is 13.1. The third kappa shape index (κ3) is 3.21. The molecule has 1 aliphatic heterocycles. The Morgan fingerprint density at radius 2 is 1.81 bits per heavy atom. The van der Waals surface area contributed by atoms with Crippen molar-refractivity contribution in [3.8, 4) is 11.4 Å². The van der Waals surface area contributed by atoms with Gasteiger partial charge in [0.15, 0.2) is 0 Å². The summed E-state index contributed by atoms with van der Waals surface area (Å²) in [5.41, 5.74) is 2.47. The predicted molar refractivity (Wildman–Crippen MR) is 101 cm³/mol. The van der Waals surface area contributed by atoms with Crippen LogP contribution in [0.2, 0.25) is 0 Å². The molecule has 1 atom stereocenters. The second kappa shape index (κ2) is 7.07. The van der Waals surface area contributed by atoms with Gasteiger partial charge in [-0.2, -0.15) is 0 Å². The number of amides is 1. The number of H-pyrrole nitrogens is 1. The Balaban J connectivity index is 1.59. The van der Waals surface area contributed by atoms with Crippen LogP contribution < -0.4 is 0 Å². The quantitative estimate of drug-likeness (QED) is 0.746. The Morgan fingerprint density at radius 1 is 1.07 bits per heavy atom. The van der Waals surface area contributed by atoms with Crippen molar-refractivity contribution in [2.45, 2.75) is 12.3 Å². The average Bonchev–Trinajstić information content (AvgIpc) is 3.39. The number of aromatic amines is 1. The molecule has 0 bridgehead atoms. The normalized spacial score (nSPS) is 16.4. The molecule has 3 aromatic rings. The number of likely N-dealkylation sites (tertiary alicyclic amines) is 1. The molecule has 2 N–H and O–H groups in total. The minimum absolute atomic E-state index is 0.0250. The summed E-state index contributed by atoms with van der Waals surface area (Å²) in [6, 6.07) is 14.4. The minimum atomic E-state index is -0.932. The van der Waals surface area contributed by atoms with E-state index in [9.17, 15) is 14.7 Å². The highest BCUT2D eigenvalue weighted by molar-refractivity contribution is 6.00. The zero-order valence-corrected chi connectivity index (χ0v) is 14.6. The summed E-state index contributed by atoms with van der Waals surface area (Å²) in [5.74, 6) is -0.307. The minimum Gasteiger partial charge on any atom is -0.478 e. The van der Waals surface area contributed by atoms with Gasteiger partial charge in [-0.15, -0.1) is 0 Å². The van der Waals surface area contributed by atoms with Gasteiger partial charge in [-0.1, -0.05) is 36.4 Å². The highest BCUT2D eigenvalue weighted by Crippen LogP contribution is 2.31. The van der Waals surface area contributed by atoms with Crippen LogP contribution in [0.5, 0.6) is 0 Å². The van der Waals surface area contributed by atoms with E-state index in [1.165, 1.54) is 0 Å². The molecule has 1 saturated heterocycles. The number of carbonyl (C=O) groups is 2. The van der Waals surface area contributed by atoms with E-state index in [2.05, 4.69) is 9.97 Å². The molecule has 0 radical (unpaired) electrons. The Kier molecular flexibility index (Phi) is 4.46. The van der Waals surface area contributed by atoms with E-state index in [4.69, 9.17) is 0 Å². The number of carboxylic acids is 1. The third-order valence-corrected chi connectivity index (χ3v) is 5.02. The Bertz CT molecular complexity index is 982. The molecule has 0 spiro atoms. The van der Waals surface area contributed by atoms with Crippen LogP contribution in [0.25, 0.3) is 11.4 Å². The number of imidazole rings is 1. The van der Waals surface area contributed by atoms with Crippen molar-refractivity contribution in [3.63, 3.8) is 0 Å². The van der Waals surface area contributed by atoms with Gasteiger partial charge in [0.05, 0.1) is 11.1 Å². The summed E-state index contributed by atoms with van der Waals surface area (Å²) in [6.07, 6.45) is 4.13. The highest BCUT2D eigenvalue weighted by atomic mass is 16.4. The number of hydrogen-bond acceptors (Lipinski definition) is 3. The number of rotatable bonds is 4. The number of aromatic nitrogens is 2. The molecule has 1 fully saturated rings. The van der Waals surface area contributed by atoms with Crippen LogP contribution in [0.1, 0.15) is 38.6 Å². The zero-order chi connectivity index (χ0) is 18.8. The van der Waals surface area contributed by atoms with Crippen LogP contribution in [-0.4, -0.2) is 44.9 Å². The molecule has 1 aromatic heterocycles. The molecule has 136 valence electrons. The van der Waals surface area contributed by atoms with Crippen molar-refractivity contribution in [1.29, 1.82) is 0 Å². The SMILES string of the molecule is O=C(O)c1ccccc1C1CCN(C(=O)c2ccccc2-c2ncc[nH]2)C1. The van der Waals surface area contributed by atoms with Crippen LogP contribution in [0.15, 0.2) is 60.9 Å². The fraction of sp³-hybridized carbons (Fsp3) is 0.190. The first kappa shape index (κ1) is 17.0. The van der Waals surface area contributed by atoms with Gasteiger partial charge in [0.2, 0.25) is 0 Å². The first-order valence-corrected chi connectivity index (χ1v) is 8.85. The molecule has 27 heavy (non-hydrogen) atoms. The van der Waals surface area contributed by atoms with Crippen molar-refractivity contribution in [2.75, 3.05) is 13.1 Å². The van der Waals surface area contributed by atoms with E-state index in [1.54, 1.807) is 35.5 Å². The van der Waals surface area contributed by atoms with Crippen LogP contribution in [-0.2, 0) is 0 Å². The molecule has 6 heteroatoms. The van der Waals surface area contributed by atoms with Crippen molar-refractivity contribution in [2.24, 2.45) is 0 Å². The third-order valence-electron chi connectivity index (χ3n) is 5.02. The van der Waals surface area contributed by atoms with Crippen LogP contribution in [0.3, 0.4) is 0 Å². The predicted octanol–water partition coefficient (Wildman–Crippen LogP) is 3.40. The lowest BCUT2D eigenvalue weighted by molar-refractivity contribution is 0.0695. The van der Waals surface area contributed by atoms with Crippen LogP contribution in [0, 0.1) is 0 Å². The summed E-state index contributed by atoms with van der Waals surface area (Å²) in [7, 11) is 0. The van der Waals surface area contributed by atoms with E-state index in [-0.39, 0.29) is 11.8 Å². The van der Waals surface area contributed by atoms with E-state index in [0.717, 1.165) is 17.5 Å². The fourth-order valence-corrected chi connectivity index (χ4v) is 3.71. The molecule has 0 aliphatic carbocycles. The molecule has 6 nitrogen and oxygen atoms in total. The van der Waals surface area contributed by atoms with Crippen LogP contribution in [0.4, 0.5) is 0 Å². The number of carbonyl (C=O) groups excluding carboxylic acids is 1. The van der Waals surface area contributed by atoms with E-state index in [1.807, 2.05) is 30.3 Å². The van der Waals surface area contributed by atoms with Crippen molar-refractivity contribution in [3.05, 3.63) is 77.6 Å². The van der Waals surface area contributed by atoms with Crippen molar-refractivity contribution in [1.82, 2.24) is 14.9 Å². The standard InChI is InChI=1S/C21H19N3O3/c25-20(17-7-3-2-6-16(17)19-22-10-11-23-19)24-12-9-14(13-24)15-5-1-4-8-18(15)21(26)27/h1-8,10-11,14H,9,12-13H2,(H,22,23)(H,26,27). The molecule has 1 unspecified atom stereocenters. The first-order valence-electron chi connectivity index (χ1n) is 8.85. The summed E-state index contributed by atoms with van der Waals surface area (Å²) in [4.78, 5) is 33.7. The van der Waals surface area contributed by atoms with E-state index < -0.39 is 5.97 Å². The molecular formula is C21H19N3O3. The summed E-state index contributed by atoms with van der Waals surface area (Å²) >= 11 is 0. The van der Waals surface area contributed by atoms with Gasteiger partial charge in [0, 0.05) is 37.0 Å². The maximum atomic E-state index is 13.1. The monoisotopic (exact) mass is 361 g/mol. The topological polar surface area (TPSA) is 86.3 Å². The van der Waals surface area contributed by atoms with Gasteiger partial charge in [0.25, 0.3) is 5.91 Å². The zero-order valence-electron chi connectivity index (χ0n) is 14.6. The number of benzene rings is 2. The number of nitrogens with one attached hydrogen (secondary N) is 1.